The molecule has 1 fully saturated rings. The lowest BCUT2D eigenvalue weighted by Crippen LogP contribution is -2.31. The topological polar surface area (TPSA) is 32.3 Å². The second kappa shape index (κ2) is 8.37. The van der Waals surface area contributed by atoms with Crippen LogP contribution in [0, 0.1) is 11.8 Å². The minimum Gasteiger partial charge on any atom is -0.391 e. The number of hydrogen-bond donors (Lipinski definition) is 2. The van der Waals surface area contributed by atoms with Crippen LogP contribution in [0.4, 0.5) is 0 Å². The van der Waals surface area contributed by atoms with E-state index in [1.807, 2.05) is 11.8 Å². The zero-order valence-electron chi connectivity index (χ0n) is 10.7. The van der Waals surface area contributed by atoms with Crippen molar-refractivity contribution in [3.8, 4) is 0 Å². The van der Waals surface area contributed by atoms with Crippen LogP contribution in [-0.2, 0) is 0 Å². The predicted molar refractivity (Wildman–Crippen MR) is 73.0 cm³/mol. The van der Waals surface area contributed by atoms with Gasteiger partial charge in [-0.2, -0.15) is 11.8 Å². The van der Waals surface area contributed by atoms with E-state index in [2.05, 4.69) is 19.2 Å². The third-order valence-electron chi connectivity index (χ3n) is 3.07. The van der Waals surface area contributed by atoms with Crippen LogP contribution < -0.4 is 5.32 Å². The molecule has 1 aliphatic rings. The number of aliphatic hydroxyl groups excluding tert-OH is 1. The van der Waals surface area contributed by atoms with E-state index in [0.717, 1.165) is 24.8 Å². The molecule has 1 atom stereocenters. The number of rotatable bonds is 8. The van der Waals surface area contributed by atoms with E-state index in [1.165, 1.54) is 31.4 Å². The molecule has 0 saturated heterocycles. The maximum Gasteiger partial charge on any atom is 0.0754 e. The lowest BCUT2D eigenvalue weighted by Gasteiger charge is -2.14. The van der Waals surface area contributed by atoms with Gasteiger partial charge < -0.3 is 10.4 Å². The molecule has 1 saturated carbocycles. The summed E-state index contributed by atoms with van der Waals surface area (Å²) in [4.78, 5) is 0. The molecule has 0 aliphatic heterocycles. The van der Waals surface area contributed by atoms with Gasteiger partial charge in [0.2, 0.25) is 0 Å². The molecule has 96 valence electrons. The maximum atomic E-state index is 9.75. The van der Waals surface area contributed by atoms with Crippen molar-refractivity contribution in [2.75, 3.05) is 24.6 Å². The third kappa shape index (κ3) is 6.77. The fourth-order valence-corrected chi connectivity index (χ4v) is 3.34. The third-order valence-corrected chi connectivity index (χ3v) is 4.40. The minimum atomic E-state index is -0.176. The molecule has 16 heavy (non-hydrogen) atoms. The average molecular weight is 245 g/mol. The fourth-order valence-electron chi connectivity index (χ4n) is 2.15. The van der Waals surface area contributed by atoms with Gasteiger partial charge in [0, 0.05) is 12.3 Å². The molecule has 0 bridgehead atoms. The van der Waals surface area contributed by atoms with Crippen molar-refractivity contribution in [1.29, 1.82) is 0 Å². The fraction of sp³-hybridized carbons (Fsp3) is 1.00. The number of thioether (sulfide) groups is 1. The highest BCUT2D eigenvalue weighted by atomic mass is 32.2. The van der Waals surface area contributed by atoms with Crippen molar-refractivity contribution in [3.05, 3.63) is 0 Å². The van der Waals surface area contributed by atoms with Gasteiger partial charge in [0.1, 0.15) is 0 Å². The van der Waals surface area contributed by atoms with Gasteiger partial charge in [0.05, 0.1) is 6.10 Å². The summed E-state index contributed by atoms with van der Waals surface area (Å²) in [6.45, 7) is 6.13. The molecule has 0 aromatic rings. The summed E-state index contributed by atoms with van der Waals surface area (Å²) < 4.78 is 0. The molecule has 2 nitrogen and oxygen atoms in total. The summed E-state index contributed by atoms with van der Waals surface area (Å²) in [7, 11) is 0. The zero-order chi connectivity index (χ0) is 11.8. The van der Waals surface area contributed by atoms with Gasteiger partial charge in [-0.3, -0.25) is 0 Å². The van der Waals surface area contributed by atoms with Gasteiger partial charge in [-0.1, -0.05) is 26.7 Å². The second-order valence-corrected chi connectivity index (χ2v) is 6.47. The monoisotopic (exact) mass is 245 g/mol. The molecule has 1 unspecified atom stereocenters. The Bertz CT molecular complexity index is 169. The number of aliphatic hydroxyl groups is 1. The molecule has 0 aromatic carbocycles. The van der Waals surface area contributed by atoms with Gasteiger partial charge in [-0.15, -0.1) is 0 Å². The van der Waals surface area contributed by atoms with Crippen LogP contribution in [0.3, 0.4) is 0 Å². The standard InChI is InChI=1S/C13H27NOS/c1-11(2)7-14-8-13(15)10-16-9-12-5-3-4-6-12/h11-15H,3-10H2,1-2H3. The Labute approximate surface area is 105 Å². The Balaban J connectivity index is 1.91. The van der Waals surface area contributed by atoms with Crippen molar-refractivity contribution in [3.63, 3.8) is 0 Å². The molecular formula is C13H27NOS. The predicted octanol–water partition coefficient (Wildman–Crippen LogP) is 2.52. The molecule has 0 heterocycles. The van der Waals surface area contributed by atoms with Crippen LogP contribution in [0.1, 0.15) is 39.5 Å². The second-order valence-electron chi connectivity index (χ2n) is 5.39. The van der Waals surface area contributed by atoms with Crippen LogP contribution in [0.5, 0.6) is 0 Å². The summed E-state index contributed by atoms with van der Waals surface area (Å²) in [5.41, 5.74) is 0. The first-order valence-electron chi connectivity index (χ1n) is 6.65. The molecule has 0 spiro atoms. The summed E-state index contributed by atoms with van der Waals surface area (Å²) in [6.07, 6.45) is 5.49. The number of nitrogens with one attached hydrogen (secondary N) is 1. The van der Waals surface area contributed by atoms with E-state index in [-0.39, 0.29) is 6.10 Å². The molecule has 1 rings (SSSR count). The normalized spacial score (nSPS) is 19.5. The lowest BCUT2D eigenvalue weighted by molar-refractivity contribution is 0.194. The van der Waals surface area contributed by atoms with Gasteiger partial charge in [0.25, 0.3) is 0 Å². The summed E-state index contributed by atoms with van der Waals surface area (Å²) >= 11 is 1.93. The van der Waals surface area contributed by atoms with E-state index in [4.69, 9.17) is 0 Å². The van der Waals surface area contributed by atoms with E-state index in [0.29, 0.717) is 5.92 Å². The molecule has 0 amide bonds. The Hall–Kier alpha value is 0.270. The van der Waals surface area contributed by atoms with Crippen molar-refractivity contribution in [2.24, 2.45) is 11.8 Å². The minimum absolute atomic E-state index is 0.176. The number of hydrogen-bond acceptors (Lipinski definition) is 3. The molecule has 3 heteroatoms. The summed E-state index contributed by atoms with van der Waals surface area (Å²) in [5.74, 6) is 3.74. The van der Waals surface area contributed by atoms with Crippen molar-refractivity contribution in [2.45, 2.75) is 45.6 Å². The molecule has 0 radical (unpaired) electrons. The first-order chi connectivity index (χ1) is 7.68. The largest absolute Gasteiger partial charge is 0.391 e. The Morgan fingerprint density at radius 3 is 2.56 bits per heavy atom. The van der Waals surface area contributed by atoms with Crippen LogP contribution in [-0.4, -0.2) is 35.8 Å². The molecule has 2 N–H and O–H groups in total. The van der Waals surface area contributed by atoms with E-state index in [1.54, 1.807) is 0 Å². The summed E-state index contributed by atoms with van der Waals surface area (Å²) in [6, 6.07) is 0. The smallest absolute Gasteiger partial charge is 0.0754 e. The zero-order valence-corrected chi connectivity index (χ0v) is 11.6. The molecular weight excluding hydrogens is 218 g/mol. The van der Waals surface area contributed by atoms with Gasteiger partial charge in [0.15, 0.2) is 0 Å². The van der Waals surface area contributed by atoms with E-state index < -0.39 is 0 Å². The highest BCUT2D eigenvalue weighted by Crippen LogP contribution is 2.27. The highest BCUT2D eigenvalue weighted by Gasteiger charge is 2.15. The van der Waals surface area contributed by atoms with E-state index >= 15 is 0 Å². The van der Waals surface area contributed by atoms with Gasteiger partial charge in [-0.05, 0) is 37.0 Å². The molecule has 0 aromatic heterocycles. The van der Waals surface area contributed by atoms with Crippen LogP contribution in [0.2, 0.25) is 0 Å². The van der Waals surface area contributed by atoms with Crippen molar-refractivity contribution in [1.82, 2.24) is 5.32 Å². The Morgan fingerprint density at radius 2 is 1.94 bits per heavy atom. The van der Waals surface area contributed by atoms with Crippen LogP contribution in [0.15, 0.2) is 0 Å². The average Bonchev–Trinajstić information content (AvgIpc) is 2.70. The quantitative estimate of drug-likeness (QED) is 0.689. The van der Waals surface area contributed by atoms with Gasteiger partial charge in [-0.25, -0.2) is 0 Å². The SMILES string of the molecule is CC(C)CNCC(O)CSCC1CCCC1. The first kappa shape index (κ1) is 14.3. The Morgan fingerprint density at radius 1 is 1.25 bits per heavy atom. The van der Waals surface area contributed by atoms with Crippen LogP contribution in [0.25, 0.3) is 0 Å². The summed E-state index contributed by atoms with van der Waals surface area (Å²) in [5, 5.41) is 13.1. The van der Waals surface area contributed by atoms with Gasteiger partial charge >= 0.3 is 0 Å². The molecule has 1 aliphatic carbocycles. The first-order valence-corrected chi connectivity index (χ1v) is 7.80. The highest BCUT2D eigenvalue weighted by molar-refractivity contribution is 7.99. The van der Waals surface area contributed by atoms with E-state index in [9.17, 15) is 5.11 Å². The maximum absolute atomic E-state index is 9.75. The van der Waals surface area contributed by atoms with Crippen LogP contribution >= 0.6 is 11.8 Å². The van der Waals surface area contributed by atoms with Crippen molar-refractivity contribution >= 4 is 11.8 Å². The Kier molecular flexibility index (Phi) is 7.50. The lowest BCUT2D eigenvalue weighted by atomic mass is 10.1. The van der Waals surface area contributed by atoms with Crippen molar-refractivity contribution < 1.29 is 5.11 Å².